The van der Waals surface area contributed by atoms with Crippen LogP contribution in [-0.4, -0.2) is 54.4 Å². The van der Waals surface area contributed by atoms with Crippen molar-refractivity contribution in [1.29, 1.82) is 0 Å². The van der Waals surface area contributed by atoms with Crippen molar-refractivity contribution in [2.75, 3.05) is 13.2 Å². The molecule has 2 atom stereocenters. The van der Waals surface area contributed by atoms with Gasteiger partial charge >= 0.3 is 24.0 Å². The number of hydrogen-bond acceptors (Lipinski definition) is 5. The summed E-state index contributed by atoms with van der Waals surface area (Å²) in [7, 11) is 0. The van der Waals surface area contributed by atoms with Crippen molar-refractivity contribution in [3.05, 3.63) is 0 Å². The third kappa shape index (κ3) is 10.3. The second-order valence-electron chi connectivity index (χ2n) is 7.69. The van der Waals surface area contributed by atoms with E-state index >= 15 is 0 Å². The fourth-order valence-corrected chi connectivity index (χ4v) is 3.69. The van der Waals surface area contributed by atoms with E-state index in [2.05, 4.69) is 5.32 Å². The van der Waals surface area contributed by atoms with Crippen LogP contribution in [0.1, 0.15) is 71.1 Å². The summed E-state index contributed by atoms with van der Waals surface area (Å²) in [4.78, 5) is 34.6. The molecule has 0 aromatic rings. The zero-order valence-electron chi connectivity index (χ0n) is 17.4. The largest absolute Gasteiger partial charge is 0.480 e. The van der Waals surface area contributed by atoms with Gasteiger partial charge in [0.2, 0.25) is 0 Å². The molecular formula is C20H33F3N2O5. The second-order valence-corrected chi connectivity index (χ2v) is 7.69. The first-order chi connectivity index (χ1) is 14.1. The van der Waals surface area contributed by atoms with E-state index in [0.29, 0.717) is 12.3 Å². The Bertz CT molecular complexity index is 551. The summed E-state index contributed by atoms with van der Waals surface area (Å²) in [5.41, 5.74) is 0. The van der Waals surface area contributed by atoms with Crippen LogP contribution in [-0.2, 0) is 19.1 Å². The minimum Gasteiger partial charge on any atom is -0.480 e. The van der Waals surface area contributed by atoms with Crippen LogP contribution in [0.4, 0.5) is 13.2 Å². The highest BCUT2D eigenvalue weighted by Gasteiger charge is 2.38. The molecule has 0 radical (unpaired) electrons. The number of amides is 1. The van der Waals surface area contributed by atoms with Crippen molar-refractivity contribution in [2.24, 2.45) is 5.92 Å². The first kappa shape index (κ1) is 26.2. The number of unbranched alkanes of at least 4 members (excludes halogenated alkanes) is 1. The quantitative estimate of drug-likeness (QED) is 0.301. The first-order valence-corrected chi connectivity index (χ1v) is 10.7. The molecule has 1 rings (SSSR count). The Morgan fingerprint density at radius 1 is 1.07 bits per heavy atom. The van der Waals surface area contributed by atoms with E-state index in [9.17, 15) is 32.7 Å². The number of rotatable bonds is 13. The molecule has 174 valence electrons. The van der Waals surface area contributed by atoms with Gasteiger partial charge in [-0.3, -0.25) is 19.7 Å². The van der Waals surface area contributed by atoms with Gasteiger partial charge in [0.25, 0.3) is 0 Å². The lowest BCUT2D eigenvalue weighted by atomic mass is 9.85. The molecule has 0 bridgehead atoms. The Balaban J connectivity index is 2.51. The van der Waals surface area contributed by atoms with E-state index in [0.717, 1.165) is 19.3 Å². The van der Waals surface area contributed by atoms with Crippen LogP contribution in [0.15, 0.2) is 0 Å². The van der Waals surface area contributed by atoms with Crippen LogP contribution in [0.3, 0.4) is 0 Å². The lowest BCUT2D eigenvalue weighted by Crippen LogP contribution is -2.48. The molecule has 1 aliphatic carbocycles. The van der Waals surface area contributed by atoms with Crippen molar-refractivity contribution in [3.8, 4) is 0 Å². The van der Waals surface area contributed by atoms with E-state index in [1.54, 1.807) is 12.2 Å². The highest BCUT2D eigenvalue weighted by Crippen LogP contribution is 2.28. The lowest BCUT2D eigenvalue weighted by molar-refractivity contribution is -0.173. The molecule has 30 heavy (non-hydrogen) atoms. The molecule has 1 aliphatic rings. The third-order valence-corrected chi connectivity index (χ3v) is 5.32. The molecule has 0 aliphatic heterocycles. The zero-order valence-corrected chi connectivity index (χ0v) is 17.4. The molecule has 0 heterocycles. The van der Waals surface area contributed by atoms with Crippen LogP contribution in [0.2, 0.25) is 0 Å². The van der Waals surface area contributed by atoms with E-state index < -0.39 is 36.1 Å². The van der Waals surface area contributed by atoms with Gasteiger partial charge in [-0.2, -0.15) is 13.2 Å². The molecule has 0 unspecified atom stereocenters. The number of carboxylic acids is 1. The number of alkyl halides is 3. The molecule has 0 saturated heterocycles. The van der Waals surface area contributed by atoms with Gasteiger partial charge in [0.15, 0.2) is 0 Å². The van der Waals surface area contributed by atoms with Gasteiger partial charge in [0.05, 0.1) is 6.61 Å². The maximum absolute atomic E-state index is 12.3. The topological polar surface area (TPSA) is 105 Å². The average molecular weight is 438 g/mol. The van der Waals surface area contributed by atoms with E-state index in [4.69, 9.17) is 4.74 Å². The Labute approximate surface area is 175 Å². The average Bonchev–Trinajstić information content (AvgIpc) is 2.69. The van der Waals surface area contributed by atoms with Crippen molar-refractivity contribution in [1.82, 2.24) is 10.6 Å². The van der Waals surface area contributed by atoms with Gasteiger partial charge in [-0.15, -0.1) is 0 Å². The minimum absolute atomic E-state index is 0.122. The number of ether oxygens (including phenoxy) is 1. The summed E-state index contributed by atoms with van der Waals surface area (Å²) >= 11 is 0. The molecule has 1 saturated carbocycles. The Morgan fingerprint density at radius 2 is 1.73 bits per heavy atom. The van der Waals surface area contributed by atoms with Crippen molar-refractivity contribution in [3.63, 3.8) is 0 Å². The number of nitrogens with one attached hydrogen (secondary N) is 2. The summed E-state index contributed by atoms with van der Waals surface area (Å²) < 4.78 is 41.5. The van der Waals surface area contributed by atoms with Gasteiger partial charge in [-0.25, -0.2) is 0 Å². The summed E-state index contributed by atoms with van der Waals surface area (Å²) in [6.45, 7) is 1.67. The van der Waals surface area contributed by atoms with Gasteiger partial charge in [0.1, 0.15) is 12.1 Å². The van der Waals surface area contributed by atoms with E-state index in [-0.39, 0.29) is 32.4 Å². The summed E-state index contributed by atoms with van der Waals surface area (Å²) in [6.07, 6.45) is 2.74. The summed E-state index contributed by atoms with van der Waals surface area (Å²) in [6, 6.07) is -1.76. The number of hydrogen-bond donors (Lipinski definition) is 3. The highest BCUT2D eigenvalue weighted by atomic mass is 19.4. The maximum Gasteiger partial charge on any atom is 0.471 e. The molecule has 1 amide bonds. The normalized spacial score (nSPS) is 17.2. The molecule has 3 N–H and O–H groups in total. The number of esters is 1. The van der Waals surface area contributed by atoms with E-state index in [1.165, 1.54) is 19.3 Å². The first-order valence-electron chi connectivity index (χ1n) is 10.7. The molecule has 10 heteroatoms. The van der Waals surface area contributed by atoms with Crippen LogP contribution >= 0.6 is 0 Å². The number of halogens is 3. The molecule has 0 aromatic heterocycles. The summed E-state index contributed by atoms with van der Waals surface area (Å²) in [5.74, 6) is -3.11. The monoisotopic (exact) mass is 438 g/mol. The fraction of sp³-hybridized carbons (Fsp3) is 0.850. The third-order valence-electron chi connectivity index (χ3n) is 5.32. The van der Waals surface area contributed by atoms with Crippen molar-refractivity contribution in [2.45, 2.75) is 89.4 Å². The van der Waals surface area contributed by atoms with Crippen LogP contribution in [0.5, 0.6) is 0 Å². The molecule has 7 nitrogen and oxygen atoms in total. The van der Waals surface area contributed by atoms with Crippen LogP contribution in [0.25, 0.3) is 0 Å². The van der Waals surface area contributed by atoms with Crippen molar-refractivity contribution >= 4 is 17.8 Å². The molecular weight excluding hydrogens is 405 g/mol. The predicted molar refractivity (Wildman–Crippen MR) is 104 cm³/mol. The van der Waals surface area contributed by atoms with Gasteiger partial charge < -0.3 is 15.2 Å². The molecule has 0 spiro atoms. The number of carbonyl (C=O) groups excluding carboxylic acids is 2. The van der Waals surface area contributed by atoms with Gasteiger partial charge in [-0.05, 0) is 44.9 Å². The zero-order chi connectivity index (χ0) is 22.6. The number of carbonyl (C=O) groups is 3. The molecule has 0 aromatic carbocycles. The second kappa shape index (κ2) is 13.5. The summed E-state index contributed by atoms with van der Waals surface area (Å²) in [5, 5.41) is 14.1. The van der Waals surface area contributed by atoms with Crippen molar-refractivity contribution < 1.29 is 37.4 Å². The number of aliphatic carboxylic acids is 1. The fourth-order valence-electron chi connectivity index (χ4n) is 3.69. The maximum atomic E-state index is 12.3. The smallest absolute Gasteiger partial charge is 0.471 e. The number of carboxylic acid groups (broad SMARTS) is 1. The van der Waals surface area contributed by atoms with Crippen LogP contribution < -0.4 is 10.6 Å². The predicted octanol–water partition coefficient (Wildman–Crippen LogP) is 3.17. The SMILES string of the molecule is CCOC(=O)[C@H](CCC1CCCCC1)N[C@@H](CCCCNC(=O)C(F)(F)F)C(=O)O. The highest BCUT2D eigenvalue weighted by molar-refractivity contribution is 5.81. The van der Waals surface area contributed by atoms with Gasteiger partial charge in [-0.1, -0.05) is 32.1 Å². The van der Waals surface area contributed by atoms with E-state index in [1.807, 2.05) is 0 Å². The Hall–Kier alpha value is -1.84. The Morgan fingerprint density at radius 3 is 2.30 bits per heavy atom. The van der Waals surface area contributed by atoms with Gasteiger partial charge in [0, 0.05) is 6.54 Å². The minimum atomic E-state index is -4.93. The molecule has 1 fully saturated rings. The van der Waals surface area contributed by atoms with Crippen LogP contribution in [0, 0.1) is 5.92 Å². The standard InChI is InChI=1S/C20H33F3N2O5/c1-2-30-18(28)16(12-11-14-8-4-3-5-9-14)25-15(17(26)27)10-6-7-13-24-19(29)20(21,22)23/h14-16,25H,2-13H2,1H3,(H,24,29)(H,26,27)/t15-,16-/m0/s1. The lowest BCUT2D eigenvalue weighted by Gasteiger charge is -2.26. The Kier molecular flexibility index (Phi) is 11.8.